The van der Waals surface area contributed by atoms with Crippen molar-refractivity contribution in [1.82, 2.24) is 5.32 Å². The summed E-state index contributed by atoms with van der Waals surface area (Å²) in [5, 5.41) is 10.8. The van der Waals surface area contributed by atoms with E-state index in [9.17, 15) is 18.4 Å². The van der Waals surface area contributed by atoms with Gasteiger partial charge in [0.15, 0.2) is 11.6 Å². The predicted octanol–water partition coefficient (Wildman–Crippen LogP) is 1.49. The number of hydrogen-bond donors (Lipinski definition) is 2. The van der Waals surface area contributed by atoms with E-state index >= 15 is 0 Å². The molecule has 2 N–H and O–H groups in total. The molecule has 0 saturated heterocycles. The molecule has 18 heavy (non-hydrogen) atoms. The van der Waals surface area contributed by atoms with Crippen molar-refractivity contribution in [2.24, 2.45) is 0 Å². The Balaban J connectivity index is 2.53. The molecule has 0 aromatic heterocycles. The number of nitrogens with one attached hydrogen (secondary N) is 1. The molecule has 6 heteroatoms. The van der Waals surface area contributed by atoms with Crippen LogP contribution in [0.3, 0.4) is 0 Å². The molecule has 1 amide bonds. The lowest BCUT2D eigenvalue weighted by atomic mass is 10.1. The number of benzene rings is 1. The highest BCUT2D eigenvalue weighted by Gasteiger charge is 2.14. The second-order valence-electron chi connectivity index (χ2n) is 3.84. The highest BCUT2D eigenvalue weighted by atomic mass is 19.2. The SMILES string of the molecule is CC(NC(=O)CCc1cccc(F)c1F)C(=O)O. The highest BCUT2D eigenvalue weighted by Crippen LogP contribution is 2.13. The number of carbonyl (C=O) groups excluding carboxylic acids is 1. The van der Waals surface area contributed by atoms with Crippen LogP contribution in [0.2, 0.25) is 0 Å². The molecule has 1 atom stereocenters. The number of hydrogen-bond acceptors (Lipinski definition) is 2. The molecule has 0 aliphatic rings. The Morgan fingerprint density at radius 2 is 2.06 bits per heavy atom. The maximum atomic E-state index is 13.2. The van der Waals surface area contributed by atoms with Gasteiger partial charge in [0.05, 0.1) is 0 Å². The van der Waals surface area contributed by atoms with E-state index in [4.69, 9.17) is 5.11 Å². The molecule has 0 radical (unpaired) electrons. The molecular formula is C12H13F2NO3. The van der Waals surface area contributed by atoms with Gasteiger partial charge in [-0.3, -0.25) is 9.59 Å². The van der Waals surface area contributed by atoms with Gasteiger partial charge in [-0.15, -0.1) is 0 Å². The first-order valence-corrected chi connectivity index (χ1v) is 5.37. The molecule has 1 aromatic carbocycles. The third-order valence-electron chi connectivity index (χ3n) is 2.40. The van der Waals surface area contributed by atoms with Gasteiger partial charge in [0.1, 0.15) is 6.04 Å². The van der Waals surface area contributed by atoms with Crippen molar-refractivity contribution in [2.45, 2.75) is 25.8 Å². The van der Waals surface area contributed by atoms with Gasteiger partial charge in [-0.1, -0.05) is 12.1 Å². The van der Waals surface area contributed by atoms with Crippen molar-refractivity contribution in [1.29, 1.82) is 0 Å². The van der Waals surface area contributed by atoms with Crippen LogP contribution in [-0.2, 0) is 16.0 Å². The first-order chi connectivity index (χ1) is 8.41. The molecule has 0 heterocycles. The highest BCUT2D eigenvalue weighted by molar-refractivity contribution is 5.83. The summed E-state index contributed by atoms with van der Waals surface area (Å²) >= 11 is 0. The maximum Gasteiger partial charge on any atom is 0.325 e. The minimum Gasteiger partial charge on any atom is -0.480 e. The molecule has 1 rings (SSSR count). The number of halogens is 2. The molecule has 4 nitrogen and oxygen atoms in total. The lowest BCUT2D eigenvalue weighted by molar-refractivity contribution is -0.141. The Kier molecular flexibility index (Phi) is 4.76. The number of aryl methyl sites for hydroxylation is 1. The normalized spacial score (nSPS) is 11.9. The number of rotatable bonds is 5. The van der Waals surface area contributed by atoms with Crippen LogP contribution in [0.25, 0.3) is 0 Å². The van der Waals surface area contributed by atoms with Crippen molar-refractivity contribution >= 4 is 11.9 Å². The average Bonchev–Trinajstić information content (AvgIpc) is 2.31. The Morgan fingerprint density at radius 3 is 2.67 bits per heavy atom. The maximum absolute atomic E-state index is 13.2. The molecule has 1 aromatic rings. The average molecular weight is 257 g/mol. The zero-order valence-corrected chi connectivity index (χ0v) is 9.74. The number of carboxylic acids is 1. The fourth-order valence-electron chi connectivity index (χ4n) is 1.37. The molecule has 98 valence electrons. The number of aliphatic carboxylic acids is 1. The minimum atomic E-state index is -1.15. The van der Waals surface area contributed by atoms with Crippen LogP contribution in [0.1, 0.15) is 18.9 Å². The number of carbonyl (C=O) groups is 2. The predicted molar refractivity (Wildman–Crippen MR) is 59.9 cm³/mol. The van der Waals surface area contributed by atoms with E-state index in [2.05, 4.69) is 5.32 Å². The lowest BCUT2D eigenvalue weighted by Crippen LogP contribution is -2.38. The fourth-order valence-corrected chi connectivity index (χ4v) is 1.37. The summed E-state index contributed by atoms with van der Waals surface area (Å²) in [6, 6.07) is 2.72. The first-order valence-electron chi connectivity index (χ1n) is 5.37. The van der Waals surface area contributed by atoms with Gasteiger partial charge in [-0.25, -0.2) is 8.78 Å². The van der Waals surface area contributed by atoms with Crippen molar-refractivity contribution in [2.75, 3.05) is 0 Å². The molecule has 0 bridgehead atoms. The van der Waals surface area contributed by atoms with Gasteiger partial charge in [-0.05, 0) is 25.0 Å². The quantitative estimate of drug-likeness (QED) is 0.839. The molecular weight excluding hydrogens is 244 g/mol. The summed E-state index contributed by atoms with van der Waals surface area (Å²) in [5.74, 6) is -3.61. The Morgan fingerprint density at radius 1 is 1.39 bits per heavy atom. The van der Waals surface area contributed by atoms with Crippen LogP contribution < -0.4 is 5.32 Å². The van der Waals surface area contributed by atoms with Gasteiger partial charge in [0.25, 0.3) is 0 Å². The summed E-state index contributed by atoms with van der Waals surface area (Å²) < 4.78 is 26.1. The van der Waals surface area contributed by atoms with E-state index in [1.54, 1.807) is 0 Å². The van der Waals surface area contributed by atoms with Crippen LogP contribution in [0, 0.1) is 11.6 Å². The molecule has 0 fully saturated rings. The molecule has 0 aliphatic carbocycles. The molecule has 0 aliphatic heterocycles. The fraction of sp³-hybridized carbons (Fsp3) is 0.333. The zero-order chi connectivity index (χ0) is 13.7. The Hall–Kier alpha value is -1.98. The van der Waals surface area contributed by atoms with E-state index < -0.39 is 29.6 Å². The van der Waals surface area contributed by atoms with Crippen molar-refractivity contribution in [3.63, 3.8) is 0 Å². The standard InChI is InChI=1S/C12H13F2NO3/c1-7(12(17)18)15-10(16)6-5-8-3-2-4-9(13)11(8)14/h2-4,7H,5-6H2,1H3,(H,15,16)(H,17,18). The third-order valence-corrected chi connectivity index (χ3v) is 2.40. The largest absolute Gasteiger partial charge is 0.480 e. The Bertz CT molecular complexity index is 463. The van der Waals surface area contributed by atoms with E-state index in [1.165, 1.54) is 19.1 Å². The van der Waals surface area contributed by atoms with Gasteiger partial charge >= 0.3 is 5.97 Å². The monoisotopic (exact) mass is 257 g/mol. The van der Waals surface area contributed by atoms with E-state index in [0.717, 1.165) is 6.07 Å². The second-order valence-corrected chi connectivity index (χ2v) is 3.84. The lowest BCUT2D eigenvalue weighted by Gasteiger charge is -2.09. The summed E-state index contributed by atoms with van der Waals surface area (Å²) in [6.45, 7) is 1.32. The topological polar surface area (TPSA) is 66.4 Å². The first kappa shape index (κ1) is 14.1. The second kappa shape index (κ2) is 6.09. The molecule has 0 spiro atoms. The summed E-state index contributed by atoms with van der Waals surface area (Å²) in [5.41, 5.74) is 0.0909. The van der Waals surface area contributed by atoms with Gasteiger partial charge < -0.3 is 10.4 Å². The van der Waals surface area contributed by atoms with Gasteiger partial charge in [-0.2, -0.15) is 0 Å². The summed E-state index contributed by atoms with van der Waals surface area (Å²) in [7, 11) is 0. The van der Waals surface area contributed by atoms with E-state index in [1.807, 2.05) is 0 Å². The van der Waals surface area contributed by atoms with E-state index in [0.29, 0.717) is 0 Å². The van der Waals surface area contributed by atoms with Crippen molar-refractivity contribution in [3.05, 3.63) is 35.4 Å². The minimum absolute atomic E-state index is 0.0156. The van der Waals surface area contributed by atoms with Gasteiger partial charge in [0, 0.05) is 6.42 Å². The third kappa shape index (κ3) is 3.80. The molecule has 0 saturated carbocycles. The van der Waals surface area contributed by atoms with Crippen LogP contribution in [-0.4, -0.2) is 23.0 Å². The van der Waals surface area contributed by atoms with Crippen LogP contribution in [0.15, 0.2) is 18.2 Å². The molecule has 1 unspecified atom stereocenters. The van der Waals surface area contributed by atoms with E-state index in [-0.39, 0.29) is 18.4 Å². The van der Waals surface area contributed by atoms with Crippen molar-refractivity contribution < 1.29 is 23.5 Å². The summed E-state index contributed by atoms with van der Waals surface area (Å²) in [6.07, 6.45) is -0.0836. The van der Waals surface area contributed by atoms with Crippen molar-refractivity contribution in [3.8, 4) is 0 Å². The van der Waals surface area contributed by atoms with Crippen LogP contribution in [0.4, 0.5) is 8.78 Å². The van der Waals surface area contributed by atoms with Crippen LogP contribution in [0.5, 0.6) is 0 Å². The number of amides is 1. The van der Waals surface area contributed by atoms with Crippen LogP contribution >= 0.6 is 0 Å². The number of carboxylic acid groups (broad SMARTS) is 1. The zero-order valence-electron chi connectivity index (χ0n) is 9.74. The summed E-state index contributed by atoms with van der Waals surface area (Å²) in [4.78, 5) is 21.8. The Labute approximate surface area is 103 Å². The smallest absolute Gasteiger partial charge is 0.325 e. The van der Waals surface area contributed by atoms with Gasteiger partial charge in [0.2, 0.25) is 5.91 Å².